The highest BCUT2D eigenvalue weighted by molar-refractivity contribution is 5.85. The Morgan fingerprint density at radius 3 is 2.91 bits per heavy atom. The van der Waals surface area contributed by atoms with E-state index in [0.29, 0.717) is 0 Å². The summed E-state index contributed by atoms with van der Waals surface area (Å²) in [6.45, 7) is 1.96. The van der Waals surface area contributed by atoms with Crippen LogP contribution < -0.4 is 15.8 Å². The molecule has 1 aliphatic heterocycles. The van der Waals surface area contributed by atoms with Crippen molar-refractivity contribution < 1.29 is 14.6 Å². The van der Waals surface area contributed by atoms with E-state index in [-0.39, 0.29) is 12.5 Å². The summed E-state index contributed by atoms with van der Waals surface area (Å²) >= 11 is 0. The van der Waals surface area contributed by atoms with Crippen LogP contribution in [0.1, 0.15) is 30.9 Å². The second kappa shape index (κ2) is 6.37. The van der Waals surface area contributed by atoms with Gasteiger partial charge in [0.2, 0.25) is 0 Å². The van der Waals surface area contributed by atoms with Gasteiger partial charge < -0.3 is 25.9 Å². The minimum atomic E-state index is -0.899. The first-order valence-corrected chi connectivity index (χ1v) is 7.59. The number of aliphatic carboxylic acids is 1. The van der Waals surface area contributed by atoms with Crippen molar-refractivity contribution in [1.82, 2.24) is 10.3 Å². The van der Waals surface area contributed by atoms with Crippen molar-refractivity contribution in [2.45, 2.75) is 31.4 Å². The zero-order chi connectivity index (χ0) is 15.5. The third-order valence-corrected chi connectivity index (χ3v) is 4.07. The predicted molar refractivity (Wildman–Crippen MR) is 84.0 cm³/mol. The lowest BCUT2D eigenvalue weighted by atomic mass is 10.0. The molecule has 0 amide bonds. The first-order valence-electron chi connectivity index (χ1n) is 7.59. The van der Waals surface area contributed by atoms with Gasteiger partial charge >= 0.3 is 5.97 Å². The number of rotatable bonds is 5. The Morgan fingerprint density at radius 2 is 2.18 bits per heavy atom. The van der Waals surface area contributed by atoms with Gasteiger partial charge in [0.05, 0.1) is 6.42 Å². The largest absolute Gasteiger partial charge is 0.490 e. The Kier molecular flexibility index (Phi) is 4.31. The summed E-state index contributed by atoms with van der Waals surface area (Å²) in [6, 6.07) is 5.31. The summed E-state index contributed by atoms with van der Waals surface area (Å²) in [7, 11) is 0. The van der Waals surface area contributed by atoms with Gasteiger partial charge in [0.25, 0.3) is 0 Å². The van der Waals surface area contributed by atoms with Crippen LogP contribution in [-0.4, -0.2) is 35.3 Å². The lowest BCUT2D eigenvalue weighted by molar-refractivity contribution is -0.137. The molecule has 1 aromatic carbocycles. The number of nitrogens with one attached hydrogen (secondary N) is 2. The fourth-order valence-corrected chi connectivity index (χ4v) is 2.91. The van der Waals surface area contributed by atoms with E-state index in [1.54, 1.807) is 6.20 Å². The van der Waals surface area contributed by atoms with Crippen molar-refractivity contribution in [2.24, 2.45) is 5.73 Å². The summed E-state index contributed by atoms with van der Waals surface area (Å²) < 4.78 is 6.04. The fraction of sp³-hybridized carbons (Fsp3) is 0.438. The maximum Gasteiger partial charge on any atom is 0.305 e. The molecule has 3 rings (SSSR count). The molecule has 1 unspecified atom stereocenters. The van der Waals surface area contributed by atoms with E-state index >= 15 is 0 Å². The molecule has 2 aromatic rings. The Morgan fingerprint density at radius 1 is 1.41 bits per heavy atom. The van der Waals surface area contributed by atoms with Crippen LogP contribution in [0.4, 0.5) is 0 Å². The van der Waals surface area contributed by atoms with Crippen LogP contribution >= 0.6 is 0 Å². The number of carboxylic acids is 1. The molecule has 1 saturated heterocycles. The number of ether oxygens (including phenoxy) is 1. The molecule has 6 nitrogen and oxygen atoms in total. The predicted octanol–water partition coefficient (Wildman–Crippen LogP) is 1.77. The van der Waals surface area contributed by atoms with Crippen LogP contribution in [0.5, 0.6) is 5.75 Å². The first kappa shape index (κ1) is 14.9. The number of hydrogen-bond acceptors (Lipinski definition) is 4. The van der Waals surface area contributed by atoms with Crippen LogP contribution in [0.2, 0.25) is 0 Å². The molecule has 2 heterocycles. The van der Waals surface area contributed by atoms with Gasteiger partial charge in [-0.2, -0.15) is 0 Å². The fourth-order valence-electron chi connectivity index (χ4n) is 2.91. The standard InChI is InChI=1S/C16H21N3O3/c17-14(8-16(20)21)13-9-19-15-2-1-11(7-12(13)15)22-10-3-5-18-6-4-10/h1-2,7,9-10,14,18-19H,3-6,8,17H2,(H,20,21). The molecular weight excluding hydrogens is 282 g/mol. The van der Waals surface area contributed by atoms with Gasteiger partial charge in [-0.25, -0.2) is 0 Å². The third kappa shape index (κ3) is 3.23. The summed E-state index contributed by atoms with van der Waals surface area (Å²) in [4.78, 5) is 14.0. The van der Waals surface area contributed by atoms with Crippen molar-refractivity contribution in [2.75, 3.05) is 13.1 Å². The Hall–Kier alpha value is -2.05. The van der Waals surface area contributed by atoms with Crippen LogP contribution in [0.3, 0.4) is 0 Å². The Balaban J connectivity index is 1.82. The molecule has 0 spiro atoms. The van der Waals surface area contributed by atoms with Crippen LogP contribution in [0, 0.1) is 0 Å². The van der Waals surface area contributed by atoms with Gasteiger partial charge in [-0.15, -0.1) is 0 Å². The highest BCUT2D eigenvalue weighted by atomic mass is 16.5. The minimum Gasteiger partial charge on any atom is -0.490 e. The average Bonchev–Trinajstić information content (AvgIpc) is 2.91. The topological polar surface area (TPSA) is 100 Å². The summed E-state index contributed by atoms with van der Waals surface area (Å²) in [6.07, 6.45) is 3.92. The quantitative estimate of drug-likeness (QED) is 0.674. The minimum absolute atomic E-state index is 0.0909. The van der Waals surface area contributed by atoms with Gasteiger partial charge in [-0.3, -0.25) is 4.79 Å². The molecule has 0 saturated carbocycles. The number of hydrogen-bond donors (Lipinski definition) is 4. The molecule has 22 heavy (non-hydrogen) atoms. The van der Waals surface area contributed by atoms with Crippen molar-refractivity contribution in [3.05, 3.63) is 30.0 Å². The lowest BCUT2D eigenvalue weighted by Crippen LogP contribution is -2.34. The number of H-pyrrole nitrogens is 1. The van der Waals surface area contributed by atoms with Crippen molar-refractivity contribution in [3.8, 4) is 5.75 Å². The van der Waals surface area contributed by atoms with Gasteiger partial charge in [0.1, 0.15) is 11.9 Å². The molecule has 0 radical (unpaired) electrons. The number of fused-ring (bicyclic) bond motifs is 1. The lowest BCUT2D eigenvalue weighted by Gasteiger charge is -2.24. The normalized spacial score (nSPS) is 17.5. The monoisotopic (exact) mass is 303 g/mol. The number of benzene rings is 1. The highest BCUT2D eigenvalue weighted by Crippen LogP contribution is 2.29. The van der Waals surface area contributed by atoms with Gasteiger partial charge in [0, 0.05) is 23.1 Å². The summed E-state index contributed by atoms with van der Waals surface area (Å²) in [5, 5.41) is 13.1. The van der Waals surface area contributed by atoms with E-state index in [4.69, 9.17) is 15.6 Å². The molecule has 1 aliphatic rings. The van der Waals surface area contributed by atoms with E-state index in [0.717, 1.165) is 48.1 Å². The number of carbonyl (C=O) groups is 1. The maximum atomic E-state index is 10.8. The summed E-state index contributed by atoms with van der Waals surface area (Å²) in [5.41, 5.74) is 7.74. The van der Waals surface area contributed by atoms with E-state index in [1.807, 2.05) is 18.2 Å². The average molecular weight is 303 g/mol. The van der Waals surface area contributed by atoms with Crippen LogP contribution in [-0.2, 0) is 4.79 Å². The van der Waals surface area contributed by atoms with E-state index in [2.05, 4.69) is 10.3 Å². The maximum absolute atomic E-state index is 10.8. The van der Waals surface area contributed by atoms with Gasteiger partial charge in [0.15, 0.2) is 0 Å². The SMILES string of the molecule is NC(CC(=O)O)c1c[nH]c2ccc(OC3CCNCC3)cc12. The number of carboxylic acid groups (broad SMARTS) is 1. The third-order valence-electron chi connectivity index (χ3n) is 4.07. The molecule has 0 aliphatic carbocycles. The molecule has 1 aromatic heterocycles. The molecule has 0 bridgehead atoms. The Bertz CT molecular complexity index is 662. The van der Waals surface area contributed by atoms with Gasteiger partial charge in [-0.05, 0) is 49.7 Å². The molecule has 118 valence electrons. The zero-order valence-electron chi connectivity index (χ0n) is 12.3. The molecule has 1 atom stereocenters. The Labute approximate surface area is 128 Å². The second-order valence-corrected chi connectivity index (χ2v) is 5.72. The van der Waals surface area contributed by atoms with Crippen LogP contribution in [0.15, 0.2) is 24.4 Å². The molecule has 1 fully saturated rings. The first-order chi connectivity index (χ1) is 10.6. The van der Waals surface area contributed by atoms with E-state index in [1.165, 1.54) is 0 Å². The number of aromatic nitrogens is 1. The highest BCUT2D eigenvalue weighted by Gasteiger charge is 2.17. The smallest absolute Gasteiger partial charge is 0.305 e. The molecule has 6 heteroatoms. The van der Waals surface area contributed by atoms with E-state index < -0.39 is 12.0 Å². The van der Waals surface area contributed by atoms with E-state index in [9.17, 15) is 4.79 Å². The zero-order valence-corrected chi connectivity index (χ0v) is 12.3. The summed E-state index contributed by atoms with van der Waals surface area (Å²) in [5.74, 6) is -0.0910. The number of nitrogens with two attached hydrogens (primary N) is 1. The van der Waals surface area contributed by atoms with Gasteiger partial charge in [-0.1, -0.05) is 0 Å². The van der Waals surface area contributed by atoms with Crippen molar-refractivity contribution in [3.63, 3.8) is 0 Å². The van der Waals surface area contributed by atoms with Crippen molar-refractivity contribution >= 4 is 16.9 Å². The van der Waals surface area contributed by atoms with Crippen LogP contribution in [0.25, 0.3) is 10.9 Å². The second-order valence-electron chi connectivity index (χ2n) is 5.72. The molecular formula is C16H21N3O3. The number of piperidine rings is 1. The number of aromatic amines is 1. The molecule has 5 N–H and O–H groups in total. The van der Waals surface area contributed by atoms with Crippen molar-refractivity contribution in [1.29, 1.82) is 0 Å².